The van der Waals surface area contributed by atoms with Crippen molar-refractivity contribution in [1.82, 2.24) is 5.32 Å². The molecular weight excluding hydrogens is 203 g/mol. The van der Waals surface area contributed by atoms with E-state index in [2.05, 4.69) is 5.32 Å². The van der Waals surface area contributed by atoms with Gasteiger partial charge in [0.15, 0.2) is 0 Å². The molecule has 1 atom stereocenters. The molecule has 2 rings (SSSR count). The van der Waals surface area contributed by atoms with Gasteiger partial charge < -0.3 is 11.1 Å². The number of rotatable bonds is 3. The van der Waals surface area contributed by atoms with E-state index in [1.807, 2.05) is 24.3 Å². The highest BCUT2D eigenvalue weighted by molar-refractivity contribution is 5.25. The summed E-state index contributed by atoms with van der Waals surface area (Å²) in [5.74, 6) is 0. The van der Waals surface area contributed by atoms with Crippen LogP contribution in [0.25, 0.3) is 0 Å². The highest BCUT2D eigenvalue weighted by Gasteiger charge is 2.31. The quantitative estimate of drug-likeness (QED) is 0.818. The monoisotopic (exact) mass is 222 g/mol. The van der Waals surface area contributed by atoms with Crippen LogP contribution < -0.4 is 11.1 Å². The van der Waals surface area contributed by atoms with E-state index in [4.69, 9.17) is 5.73 Å². The summed E-state index contributed by atoms with van der Waals surface area (Å²) in [5, 5.41) is 3.12. The number of piperidine rings is 1. The summed E-state index contributed by atoms with van der Waals surface area (Å²) in [6.45, 7) is 1.93. The number of nitrogens with one attached hydrogen (secondary N) is 1. The topological polar surface area (TPSA) is 38.0 Å². The maximum Gasteiger partial charge on any atom is 0.127 e. The molecule has 1 aromatic carbocycles. The maximum atomic E-state index is 14.4. The minimum atomic E-state index is -1.08. The van der Waals surface area contributed by atoms with Crippen molar-refractivity contribution in [2.75, 3.05) is 13.1 Å². The molecule has 0 aromatic heterocycles. The molecule has 2 nitrogen and oxygen atoms in total. The zero-order valence-corrected chi connectivity index (χ0v) is 9.51. The van der Waals surface area contributed by atoms with E-state index in [0.717, 1.165) is 24.1 Å². The first-order valence-electron chi connectivity index (χ1n) is 5.89. The van der Waals surface area contributed by atoms with E-state index in [9.17, 15) is 4.39 Å². The van der Waals surface area contributed by atoms with Gasteiger partial charge in [-0.2, -0.15) is 0 Å². The van der Waals surface area contributed by atoms with Gasteiger partial charge in [-0.25, -0.2) is 4.39 Å². The zero-order chi connectivity index (χ0) is 11.4. The predicted octanol–water partition coefficient (Wildman–Crippen LogP) is 1.78. The predicted molar refractivity (Wildman–Crippen MR) is 64.0 cm³/mol. The Kier molecular flexibility index (Phi) is 3.56. The Morgan fingerprint density at radius 3 is 2.88 bits per heavy atom. The van der Waals surface area contributed by atoms with Gasteiger partial charge in [0.1, 0.15) is 5.67 Å². The van der Waals surface area contributed by atoms with Crippen LogP contribution in [0.3, 0.4) is 0 Å². The second-order valence-electron chi connectivity index (χ2n) is 4.63. The molecular formula is C13H19FN2. The lowest BCUT2D eigenvalue weighted by Gasteiger charge is -2.30. The van der Waals surface area contributed by atoms with Gasteiger partial charge in [-0.1, -0.05) is 24.3 Å². The van der Waals surface area contributed by atoms with Crippen molar-refractivity contribution in [1.29, 1.82) is 0 Å². The molecule has 88 valence electrons. The Morgan fingerprint density at radius 1 is 1.38 bits per heavy atom. The third-order valence-corrected chi connectivity index (χ3v) is 3.17. The summed E-state index contributed by atoms with van der Waals surface area (Å²) >= 11 is 0. The Morgan fingerprint density at radius 2 is 2.19 bits per heavy atom. The van der Waals surface area contributed by atoms with Crippen molar-refractivity contribution in [2.24, 2.45) is 5.73 Å². The summed E-state index contributed by atoms with van der Waals surface area (Å²) in [4.78, 5) is 0. The summed E-state index contributed by atoms with van der Waals surface area (Å²) in [5.41, 5.74) is 6.62. The van der Waals surface area contributed by atoms with Crippen LogP contribution in [-0.4, -0.2) is 18.8 Å². The molecule has 0 amide bonds. The van der Waals surface area contributed by atoms with Gasteiger partial charge in [0.05, 0.1) is 0 Å². The highest BCUT2D eigenvalue weighted by Crippen LogP contribution is 2.25. The molecule has 3 N–H and O–H groups in total. The van der Waals surface area contributed by atoms with Crippen molar-refractivity contribution in [3.63, 3.8) is 0 Å². The third-order valence-electron chi connectivity index (χ3n) is 3.17. The van der Waals surface area contributed by atoms with Crippen LogP contribution in [0.15, 0.2) is 24.3 Å². The fraction of sp³-hybridized carbons (Fsp3) is 0.538. The van der Waals surface area contributed by atoms with E-state index < -0.39 is 5.67 Å². The molecule has 0 saturated carbocycles. The molecule has 1 aliphatic heterocycles. The fourth-order valence-corrected chi connectivity index (χ4v) is 2.31. The van der Waals surface area contributed by atoms with Crippen molar-refractivity contribution in [2.45, 2.75) is 31.5 Å². The first kappa shape index (κ1) is 11.6. The molecule has 0 bridgehead atoms. The number of hydrogen-bond acceptors (Lipinski definition) is 2. The van der Waals surface area contributed by atoms with Crippen LogP contribution in [0.4, 0.5) is 4.39 Å². The van der Waals surface area contributed by atoms with E-state index >= 15 is 0 Å². The number of alkyl halides is 1. The van der Waals surface area contributed by atoms with Gasteiger partial charge in [-0.15, -0.1) is 0 Å². The van der Waals surface area contributed by atoms with Crippen LogP contribution in [0.1, 0.15) is 24.0 Å². The molecule has 1 fully saturated rings. The third kappa shape index (κ3) is 2.80. The number of benzene rings is 1. The van der Waals surface area contributed by atoms with Crippen LogP contribution in [-0.2, 0) is 13.0 Å². The minimum Gasteiger partial charge on any atom is -0.326 e. The summed E-state index contributed by atoms with van der Waals surface area (Å²) < 4.78 is 14.4. The molecule has 0 spiro atoms. The smallest absolute Gasteiger partial charge is 0.127 e. The largest absolute Gasteiger partial charge is 0.326 e. The molecule has 0 aliphatic carbocycles. The Bertz CT molecular complexity index is 346. The molecule has 1 heterocycles. The van der Waals surface area contributed by atoms with Gasteiger partial charge >= 0.3 is 0 Å². The minimum absolute atomic E-state index is 0.472. The molecule has 0 radical (unpaired) electrons. The van der Waals surface area contributed by atoms with Crippen LogP contribution in [0.5, 0.6) is 0 Å². The standard InChI is InChI=1S/C13H19FN2/c14-13(5-2-6-16-10-13)8-11-3-1-4-12(7-11)9-15/h1,3-4,7,16H,2,5-6,8-10,15H2. The SMILES string of the molecule is NCc1cccc(CC2(F)CCCNC2)c1. The van der Waals surface area contributed by atoms with Gasteiger partial charge in [-0.3, -0.25) is 0 Å². The second-order valence-corrected chi connectivity index (χ2v) is 4.63. The lowest BCUT2D eigenvalue weighted by atomic mass is 9.89. The van der Waals surface area contributed by atoms with Crippen molar-refractivity contribution in [3.05, 3.63) is 35.4 Å². The molecule has 1 aromatic rings. The van der Waals surface area contributed by atoms with E-state index in [1.54, 1.807) is 0 Å². The lowest BCUT2D eigenvalue weighted by Crippen LogP contribution is -2.43. The van der Waals surface area contributed by atoms with Crippen LogP contribution in [0.2, 0.25) is 0 Å². The maximum absolute atomic E-state index is 14.4. The average Bonchev–Trinajstić information content (AvgIpc) is 2.29. The molecule has 1 aliphatic rings. The Labute approximate surface area is 96.0 Å². The molecule has 1 unspecified atom stereocenters. The normalized spacial score (nSPS) is 25.6. The van der Waals surface area contributed by atoms with E-state index in [1.165, 1.54) is 0 Å². The fourth-order valence-electron chi connectivity index (χ4n) is 2.31. The van der Waals surface area contributed by atoms with E-state index in [-0.39, 0.29) is 0 Å². The Balaban J connectivity index is 2.07. The van der Waals surface area contributed by atoms with Crippen molar-refractivity contribution in [3.8, 4) is 0 Å². The Hall–Kier alpha value is -0.930. The first-order chi connectivity index (χ1) is 7.72. The van der Waals surface area contributed by atoms with Gasteiger partial charge in [0.25, 0.3) is 0 Å². The second kappa shape index (κ2) is 4.93. The van der Waals surface area contributed by atoms with Crippen molar-refractivity contribution < 1.29 is 4.39 Å². The number of nitrogens with two attached hydrogens (primary N) is 1. The van der Waals surface area contributed by atoms with Crippen LogP contribution >= 0.6 is 0 Å². The zero-order valence-electron chi connectivity index (χ0n) is 9.51. The summed E-state index contributed by atoms with van der Waals surface area (Å²) in [7, 11) is 0. The van der Waals surface area contributed by atoms with Gasteiger partial charge in [0.2, 0.25) is 0 Å². The highest BCUT2D eigenvalue weighted by atomic mass is 19.1. The van der Waals surface area contributed by atoms with Gasteiger partial charge in [0, 0.05) is 19.5 Å². The molecule has 1 saturated heterocycles. The molecule has 16 heavy (non-hydrogen) atoms. The summed E-state index contributed by atoms with van der Waals surface area (Å²) in [6.07, 6.45) is 2.08. The van der Waals surface area contributed by atoms with Gasteiger partial charge in [-0.05, 0) is 30.5 Å². The first-order valence-corrected chi connectivity index (χ1v) is 5.89. The summed E-state index contributed by atoms with van der Waals surface area (Å²) in [6, 6.07) is 7.93. The lowest BCUT2D eigenvalue weighted by molar-refractivity contribution is 0.122. The number of hydrogen-bond donors (Lipinski definition) is 2. The molecule has 3 heteroatoms. The number of halogens is 1. The van der Waals surface area contributed by atoms with Crippen LogP contribution in [0, 0.1) is 0 Å². The van der Waals surface area contributed by atoms with Crippen molar-refractivity contribution >= 4 is 0 Å². The average molecular weight is 222 g/mol. The van der Waals surface area contributed by atoms with E-state index in [0.29, 0.717) is 25.9 Å².